The second kappa shape index (κ2) is 15.1. The predicted molar refractivity (Wildman–Crippen MR) is 273 cm³/mol. The Hall–Kier alpha value is -8.40. The summed E-state index contributed by atoms with van der Waals surface area (Å²) in [4.78, 5) is 0. The Bertz CT molecular complexity index is 3910. The van der Waals surface area contributed by atoms with E-state index in [9.17, 15) is 0 Å². The molecule has 3 heterocycles. The van der Waals surface area contributed by atoms with Crippen LogP contribution in [0.15, 0.2) is 237 Å². The molecule has 65 heavy (non-hydrogen) atoms. The van der Waals surface area contributed by atoms with Crippen LogP contribution in [0.1, 0.15) is 22.3 Å². The number of hydrogen-bond donors (Lipinski definition) is 0. The second-order valence-corrected chi connectivity index (χ2v) is 17.4. The van der Waals surface area contributed by atoms with Gasteiger partial charge in [-0.3, -0.25) is 0 Å². The number of nitrogens with zero attached hydrogens (tertiary/aromatic N) is 3. The molecule has 0 aliphatic heterocycles. The van der Waals surface area contributed by atoms with E-state index in [-0.39, 0.29) is 0 Å². The van der Waals surface area contributed by atoms with Gasteiger partial charge in [-0.2, -0.15) is 0 Å². The molecule has 0 N–H and O–H groups in total. The third-order valence-corrected chi connectivity index (χ3v) is 13.4. The van der Waals surface area contributed by atoms with Gasteiger partial charge in [-0.25, -0.2) is 0 Å². The summed E-state index contributed by atoms with van der Waals surface area (Å²) in [5, 5.41) is 7.52. The summed E-state index contributed by atoms with van der Waals surface area (Å²) in [6.07, 6.45) is 1.78. The van der Waals surface area contributed by atoms with Crippen molar-refractivity contribution in [3.8, 4) is 28.2 Å². The highest BCUT2D eigenvalue weighted by Crippen LogP contribution is 2.41. The van der Waals surface area contributed by atoms with Crippen molar-refractivity contribution < 1.29 is 0 Å². The molecule has 0 fully saturated rings. The fraction of sp³-hybridized carbons (Fsp3) is 0.0323. The molecule has 3 nitrogen and oxygen atoms in total. The molecular formula is C62H43N3. The van der Waals surface area contributed by atoms with Gasteiger partial charge in [0.1, 0.15) is 0 Å². The molecule has 0 aliphatic rings. The highest BCUT2D eigenvalue weighted by molar-refractivity contribution is 6.14. The number of hydrogen-bond acceptors (Lipinski definition) is 0. The first-order valence-corrected chi connectivity index (χ1v) is 22.6. The van der Waals surface area contributed by atoms with Crippen molar-refractivity contribution in [3.05, 3.63) is 259 Å². The van der Waals surface area contributed by atoms with Crippen LogP contribution in [0.25, 0.3) is 93.6 Å². The van der Waals surface area contributed by atoms with Gasteiger partial charge in [0.05, 0.1) is 33.1 Å². The highest BCUT2D eigenvalue weighted by atomic mass is 15.0. The summed E-state index contributed by atoms with van der Waals surface area (Å²) in [6, 6.07) is 87.1. The SMILES string of the molecule is c1ccc(Cc2ccc3c(c2)c2ccc(-c4ccc5c6cc(Cc7ccccc7)ccc6n(-c6ccc7c(c6)c6ccccc6n7-c6ccccc6)c5c4)cc2n3-c2ccccc2)cc1. The lowest BCUT2D eigenvalue weighted by molar-refractivity contribution is 1.16. The molecule has 306 valence electrons. The van der Waals surface area contributed by atoms with Crippen molar-refractivity contribution in [1.29, 1.82) is 0 Å². The molecule has 0 saturated carbocycles. The molecule has 0 atom stereocenters. The molecule has 0 amide bonds. The summed E-state index contributed by atoms with van der Waals surface area (Å²) >= 11 is 0. The van der Waals surface area contributed by atoms with E-state index in [0.717, 1.165) is 29.9 Å². The third kappa shape index (κ3) is 6.27. The van der Waals surface area contributed by atoms with Crippen LogP contribution >= 0.6 is 0 Å². The molecule has 13 aromatic rings. The molecule has 0 radical (unpaired) electrons. The lowest BCUT2D eigenvalue weighted by Gasteiger charge is -2.12. The van der Waals surface area contributed by atoms with Crippen LogP contribution in [-0.2, 0) is 12.8 Å². The van der Waals surface area contributed by atoms with Crippen molar-refractivity contribution in [2.24, 2.45) is 0 Å². The highest BCUT2D eigenvalue weighted by Gasteiger charge is 2.19. The van der Waals surface area contributed by atoms with Crippen LogP contribution in [-0.4, -0.2) is 13.7 Å². The van der Waals surface area contributed by atoms with Gasteiger partial charge in [0, 0.05) is 49.4 Å². The standard InChI is InChI=1S/C62H43N3/c1-5-15-42(16-6-1)35-44-25-32-58-54(37-44)52-30-27-46(39-61(52)64(58)49-21-11-4-12-22-49)47-28-31-53-55-38-45(36-43-17-7-2-8-18-43)26-33-59(55)65(62(53)40-47)50-29-34-60-56(41-50)51-23-13-14-24-57(51)63(60)48-19-9-3-10-20-48/h1-34,37-41H,35-36H2. The van der Waals surface area contributed by atoms with Gasteiger partial charge in [0.15, 0.2) is 0 Å². The zero-order valence-electron chi connectivity index (χ0n) is 35.8. The van der Waals surface area contributed by atoms with Crippen LogP contribution < -0.4 is 0 Å². The first-order valence-electron chi connectivity index (χ1n) is 22.6. The van der Waals surface area contributed by atoms with Crippen LogP contribution in [0.4, 0.5) is 0 Å². The van der Waals surface area contributed by atoms with E-state index in [2.05, 4.69) is 250 Å². The summed E-state index contributed by atoms with van der Waals surface area (Å²) < 4.78 is 7.32. The molecular weight excluding hydrogens is 787 g/mol. The summed E-state index contributed by atoms with van der Waals surface area (Å²) in [6.45, 7) is 0. The van der Waals surface area contributed by atoms with Crippen LogP contribution in [0.3, 0.4) is 0 Å². The molecule has 0 aliphatic carbocycles. The van der Waals surface area contributed by atoms with E-state index < -0.39 is 0 Å². The van der Waals surface area contributed by atoms with Gasteiger partial charge in [0.25, 0.3) is 0 Å². The largest absolute Gasteiger partial charge is 0.309 e. The maximum Gasteiger partial charge on any atom is 0.0547 e. The van der Waals surface area contributed by atoms with Gasteiger partial charge < -0.3 is 13.7 Å². The van der Waals surface area contributed by atoms with E-state index in [1.54, 1.807) is 0 Å². The maximum atomic E-state index is 2.49. The lowest BCUT2D eigenvalue weighted by atomic mass is 9.99. The topological polar surface area (TPSA) is 14.8 Å². The summed E-state index contributed by atoms with van der Waals surface area (Å²) in [5.74, 6) is 0. The minimum Gasteiger partial charge on any atom is -0.309 e. The van der Waals surface area contributed by atoms with Gasteiger partial charge in [0.2, 0.25) is 0 Å². The fourth-order valence-corrected chi connectivity index (χ4v) is 10.5. The number of rotatable bonds is 8. The minimum absolute atomic E-state index is 0.885. The zero-order valence-corrected chi connectivity index (χ0v) is 35.8. The van der Waals surface area contributed by atoms with E-state index in [1.807, 2.05) is 0 Å². The molecule has 3 heteroatoms. The van der Waals surface area contributed by atoms with Gasteiger partial charge in [-0.15, -0.1) is 0 Å². The Kier molecular flexibility index (Phi) is 8.67. The van der Waals surface area contributed by atoms with Crippen LogP contribution in [0.2, 0.25) is 0 Å². The molecule has 0 spiro atoms. The fourth-order valence-electron chi connectivity index (χ4n) is 10.5. The molecule has 0 bridgehead atoms. The first kappa shape index (κ1) is 37.2. The molecule has 10 aromatic carbocycles. The normalized spacial score (nSPS) is 11.8. The van der Waals surface area contributed by atoms with Gasteiger partial charge in [-0.05, 0) is 131 Å². The van der Waals surface area contributed by atoms with Crippen molar-refractivity contribution in [3.63, 3.8) is 0 Å². The number of benzene rings is 10. The lowest BCUT2D eigenvalue weighted by Crippen LogP contribution is -1.96. The van der Waals surface area contributed by atoms with E-state index in [4.69, 9.17) is 0 Å². The first-order chi connectivity index (χ1) is 32.2. The van der Waals surface area contributed by atoms with Crippen molar-refractivity contribution in [2.45, 2.75) is 12.8 Å². The Labute approximate surface area is 377 Å². The van der Waals surface area contributed by atoms with Crippen molar-refractivity contribution in [1.82, 2.24) is 13.7 Å². The monoisotopic (exact) mass is 829 g/mol. The van der Waals surface area contributed by atoms with Crippen molar-refractivity contribution >= 4 is 65.4 Å². The quantitative estimate of drug-likeness (QED) is 0.145. The smallest absolute Gasteiger partial charge is 0.0547 e. The van der Waals surface area contributed by atoms with E-state index in [1.165, 1.54) is 98.8 Å². The Balaban J connectivity index is 1.01. The molecule has 13 rings (SSSR count). The van der Waals surface area contributed by atoms with E-state index >= 15 is 0 Å². The van der Waals surface area contributed by atoms with Gasteiger partial charge in [-0.1, -0.05) is 152 Å². The van der Waals surface area contributed by atoms with Crippen LogP contribution in [0.5, 0.6) is 0 Å². The number of aromatic nitrogens is 3. The third-order valence-electron chi connectivity index (χ3n) is 13.4. The Morgan fingerprint density at radius 1 is 0.215 bits per heavy atom. The molecule has 3 aromatic heterocycles. The minimum atomic E-state index is 0.885. The number of para-hydroxylation sites is 3. The van der Waals surface area contributed by atoms with E-state index in [0.29, 0.717) is 0 Å². The number of fused-ring (bicyclic) bond motifs is 9. The molecule has 0 saturated heterocycles. The second-order valence-electron chi connectivity index (χ2n) is 17.4. The summed E-state index contributed by atoms with van der Waals surface area (Å²) in [7, 11) is 0. The maximum absolute atomic E-state index is 2.49. The average Bonchev–Trinajstić information content (AvgIpc) is 3.99. The Morgan fingerprint density at radius 3 is 1.12 bits per heavy atom. The van der Waals surface area contributed by atoms with Crippen molar-refractivity contribution in [2.75, 3.05) is 0 Å². The van der Waals surface area contributed by atoms with Gasteiger partial charge >= 0.3 is 0 Å². The predicted octanol–water partition coefficient (Wildman–Crippen LogP) is 15.8. The summed E-state index contributed by atoms with van der Waals surface area (Å²) in [5.41, 5.74) is 18.3. The Morgan fingerprint density at radius 2 is 0.600 bits per heavy atom. The molecule has 0 unspecified atom stereocenters. The van der Waals surface area contributed by atoms with Crippen LogP contribution in [0, 0.1) is 0 Å². The zero-order chi connectivity index (χ0) is 42.8. The average molecular weight is 830 g/mol.